The second-order valence-electron chi connectivity index (χ2n) is 6.73. The zero-order valence-corrected chi connectivity index (χ0v) is 15.3. The van der Waals surface area contributed by atoms with Gasteiger partial charge in [-0.05, 0) is 31.9 Å². The van der Waals surface area contributed by atoms with Gasteiger partial charge in [-0.2, -0.15) is 0 Å². The van der Waals surface area contributed by atoms with Crippen LogP contribution < -0.4 is 10.1 Å². The molecule has 2 rings (SSSR count). The van der Waals surface area contributed by atoms with Crippen LogP contribution in [0.1, 0.15) is 19.8 Å². The molecule has 1 aliphatic rings. The number of amides is 3. The van der Waals surface area contributed by atoms with Crippen molar-refractivity contribution in [2.24, 2.45) is 5.92 Å². The molecule has 0 saturated carbocycles. The normalized spacial score (nSPS) is 16.1. The Labute approximate surface area is 152 Å². The molecule has 1 unspecified atom stereocenters. The lowest BCUT2D eigenvalue weighted by Crippen LogP contribution is -2.49. The van der Waals surface area contributed by atoms with E-state index in [0.29, 0.717) is 25.9 Å². The zero-order valence-electron chi connectivity index (χ0n) is 15.3. The Bertz CT molecular complexity index is 647. The van der Waals surface area contributed by atoms with E-state index in [1.165, 1.54) is 6.07 Å². The van der Waals surface area contributed by atoms with Crippen LogP contribution in [0.2, 0.25) is 0 Å². The first-order valence-electron chi connectivity index (χ1n) is 8.62. The Morgan fingerprint density at radius 3 is 2.54 bits per heavy atom. The summed E-state index contributed by atoms with van der Waals surface area (Å²) >= 11 is 0. The quantitative estimate of drug-likeness (QED) is 0.866. The van der Waals surface area contributed by atoms with Crippen LogP contribution in [0.5, 0.6) is 5.75 Å². The summed E-state index contributed by atoms with van der Waals surface area (Å²) in [6.45, 7) is 2.82. The average molecular weight is 369 g/mol. The molecule has 1 heterocycles. The summed E-state index contributed by atoms with van der Waals surface area (Å²) in [5.74, 6) is -1.47. The first kappa shape index (κ1) is 19.9. The van der Waals surface area contributed by atoms with Crippen molar-refractivity contribution in [3.8, 4) is 5.75 Å². The summed E-state index contributed by atoms with van der Waals surface area (Å²) in [6.07, 6.45) is 1.27. The van der Waals surface area contributed by atoms with Crippen LogP contribution in [0.15, 0.2) is 18.2 Å². The predicted molar refractivity (Wildman–Crippen MR) is 92.8 cm³/mol. The number of nitrogens with one attached hydrogen (secondary N) is 1. The molecular formula is C18H25F2N3O3. The van der Waals surface area contributed by atoms with Crippen LogP contribution >= 0.6 is 0 Å². The second-order valence-corrected chi connectivity index (χ2v) is 6.73. The minimum atomic E-state index is -0.781. The number of carbonyl (C=O) groups is 2. The van der Waals surface area contributed by atoms with Crippen molar-refractivity contribution < 1.29 is 23.1 Å². The van der Waals surface area contributed by atoms with Crippen molar-refractivity contribution in [1.82, 2.24) is 15.1 Å². The maximum atomic E-state index is 13.5. The highest BCUT2D eigenvalue weighted by Crippen LogP contribution is 2.19. The number of ether oxygens (including phenoxy) is 1. The lowest BCUT2D eigenvalue weighted by molar-refractivity contribution is -0.134. The number of hydrogen-bond donors (Lipinski definition) is 1. The van der Waals surface area contributed by atoms with Crippen molar-refractivity contribution in [2.45, 2.75) is 25.8 Å². The molecule has 1 atom stereocenters. The number of likely N-dealkylation sites (tertiary alicyclic amines) is 1. The van der Waals surface area contributed by atoms with Crippen LogP contribution in [0.25, 0.3) is 0 Å². The lowest BCUT2D eigenvalue weighted by atomic mass is 9.96. The second kappa shape index (κ2) is 8.82. The van der Waals surface area contributed by atoms with E-state index < -0.39 is 11.6 Å². The first-order valence-corrected chi connectivity index (χ1v) is 8.62. The Balaban J connectivity index is 1.76. The number of rotatable bonds is 5. The average Bonchev–Trinajstić information content (AvgIpc) is 2.60. The number of piperidine rings is 1. The SMILES string of the molecule is CC(COc1ccc(F)cc1F)NC(=O)N1CCC(C(=O)N(C)C)CC1. The van der Waals surface area contributed by atoms with Gasteiger partial charge in [0.1, 0.15) is 12.4 Å². The topological polar surface area (TPSA) is 61.9 Å². The fraction of sp³-hybridized carbons (Fsp3) is 0.556. The van der Waals surface area contributed by atoms with Crippen molar-refractivity contribution in [3.63, 3.8) is 0 Å². The minimum absolute atomic E-state index is 0.0451. The number of halogens is 2. The predicted octanol–water partition coefficient (Wildman–Crippen LogP) is 2.24. The molecule has 1 aromatic carbocycles. The van der Waals surface area contributed by atoms with Crippen LogP contribution in [-0.4, -0.2) is 61.6 Å². The van der Waals surface area contributed by atoms with Gasteiger partial charge < -0.3 is 19.9 Å². The molecule has 0 bridgehead atoms. The molecule has 1 aromatic rings. The van der Waals surface area contributed by atoms with E-state index in [-0.39, 0.29) is 36.3 Å². The number of urea groups is 1. The molecule has 26 heavy (non-hydrogen) atoms. The number of nitrogens with zero attached hydrogens (tertiary/aromatic N) is 2. The van der Waals surface area contributed by atoms with Gasteiger partial charge in [-0.3, -0.25) is 4.79 Å². The summed E-state index contributed by atoms with van der Waals surface area (Å²) < 4.78 is 31.7. The largest absolute Gasteiger partial charge is 0.488 e. The van der Waals surface area contributed by atoms with Crippen LogP contribution in [0, 0.1) is 17.6 Å². The third-order valence-electron chi connectivity index (χ3n) is 4.32. The fourth-order valence-electron chi connectivity index (χ4n) is 2.85. The summed E-state index contributed by atoms with van der Waals surface area (Å²) in [4.78, 5) is 27.5. The molecule has 1 fully saturated rings. The lowest BCUT2D eigenvalue weighted by Gasteiger charge is -2.33. The van der Waals surface area contributed by atoms with Crippen LogP contribution in [0.4, 0.5) is 13.6 Å². The third kappa shape index (κ3) is 5.31. The molecule has 1 saturated heterocycles. The Hall–Kier alpha value is -2.38. The molecular weight excluding hydrogens is 344 g/mol. The van der Waals surface area contributed by atoms with Crippen molar-refractivity contribution in [3.05, 3.63) is 29.8 Å². The molecule has 1 N–H and O–H groups in total. The zero-order chi connectivity index (χ0) is 19.3. The van der Waals surface area contributed by atoms with E-state index in [2.05, 4.69) is 5.32 Å². The van der Waals surface area contributed by atoms with Gasteiger partial charge >= 0.3 is 6.03 Å². The summed E-state index contributed by atoms with van der Waals surface area (Å²) in [5.41, 5.74) is 0. The van der Waals surface area contributed by atoms with E-state index in [1.54, 1.807) is 30.8 Å². The van der Waals surface area contributed by atoms with E-state index in [4.69, 9.17) is 4.74 Å². The highest BCUT2D eigenvalue weighted by atomic mass is 19.1. The third-order valence-corrected chi connectivity index (χ3v) is 4.32. The summed E-state index contributed by atoms with van der Waals surface area (Å²) in [5, 5.41) is 2.79. The monoisotopic (exact) mass is 369 g/mol. The highest BCUT2D eigenvalue weighted by molar-refractivity contribution is 5.79. The summed E-state index contributed by atoms with van der Waals surface area (Å²) in [6, 6.07) is 2.48. The molecule has 144 valence electrons. The minimum Gasteiger partial charge on any atom is -0.488 e. The van der Waals surface area contributed by atoms with Gasteiger partial charge in [0.2, 0.25) is 5.91 Å². The van der Waals surface area contributed by atoms with Gasteiger partial charge in [-0.1, -0.05) is 0 Å². The molecule has 0 aromatic heterocycles. The molecule has 8 heteroatoms. The van der Waals surface area contributed by atoms with Gasteiger partial charge in [0.15, 0.2) is 11.6 Å². The molecule has 0 radical (unpaired) electrons. The smallest absolute Gasteiger partial charge is 0.317 e. The van der Waals surface area contributed by atoms with E-state index >= 15 is 0 Å². The van der Waals surface area contributed by atoms with Gasteiger partial charge in [-0.25, -0.2) is 13.6 Å². The maximum Gasteiger partial charge on any atom is 0.317 e. The van der Waals surface area contributed by atoms with Gasteiger partial charge in [-0.15, -0.1) is 0 Å². The number of hydrogen-bond acceptors (Lipinski definition) is 3. The molecule has 3 amide bonds. The van der Waals surface area contributed by atoms with Crippen molar-refractivity contribution >= 4 is 11.9 Å². The Morgan fingerprint density at radius 2 is 1.96 bits per heavy atom. The summed E-state index contributed by atoms with van der Waals surface area (Å²) in [7, 11) is 3.46. The van der Waals surface area contributed by atoms with Crippen molar-refractivity contribution in [1.29, 1.82) is 0 Å². The first-order chi connectivity index (χ1) is 12.3. The molecule has 0 spiro atoms. The van der Waals surface area contributed by atoms with Crippen molar-refractivity contribution in [2.75, 3.05) is 33.8 Å². The number of benzene rings is 1. The maximum absolute atomic E-state index is 13.5. The standard InChI is InChI=1S/C18H25F2N3O3/c1-12(11-26-16-5-4-14(19)10-15(16)20)21-18(25)23-8-6-13(7-9-23)17(24)22(2)3/h4-5,10,12-13H,6-9,11H2,1-3H3,(H,21,25). The van der Waals surface area contributed by atoms with Crippen LogP contribution in [-0.2, 0) is 4.79 Å². The van der Waals surface area contributed by atoms with Gasteiger partial charge in [0.25, 0.3) is 0 Å². The fourth-order valence-corrected chi connectivity index (χ4v) is 2.85. The Morgan fingerprint density at radius 1 is 1.31 bits per heavy atom. The number of carbonyl (C=O) groups excluding carboxylic acids is 2. The molecule has 6 nitrogen and oxygen atoms in total. The van der Waals surface area contributed by atoms with E-state index in [0.717, 1.165) is 12.1 Å². The highest BCUT2D eigenvalue weighted by Gasteiger charge is 2.28. The van der Waals surface area contributed by atoms with Gasteiger partial charge in [0.05, 0.1) is 6.04 Å². The molecule has 0 aliphatic carbocycles. The van der Waals surface area contributed by atoms with Gasteiger partial charge in [0, 0.05) is 39.2 Å². The molecule has 1 aliphatic heterocycles. The Kier molecular flexibility index (Phi) is 6.76. The van der Waals surface area contributed by atoms with E-state index in [1.807, 2.05) is 0 Å². The van der Waals surface area contributed by atoms with Crippen LogP contribution in [0.3, 0.4) is 0 Å². The van der Waals surface area contributed by atoms with E-state index in [9.17, 15) is 18.4 Å².